The number of nitrogens with two attached hydrogens (primary N) is 1. The fraction of sp³-hybridized carbons (Fsp3) is 0.533. The molecule has 4 nitrogen and oxygen atoms in total. The van der Waals surface area contributed by atoms with E-state index in [4.69, 9.17) is 5.73 Å². The summed E-state index contributed by atoms with van der Waals surface area (Å²) in [5, 5.41) is 3.38. The van der Waals surface area contributed by atoms with Crippen molar-refractivity contribution in [2.75, 3.05) is 18.2 Å². The normalized spacial score (nSPS) is 11.9. The maximum absolute atomic E-state index is 11.4. The van der Waals surface area contributed by atoms with Crippen molar-refractivity contribution < 1.29 is 9.53 Å². The Balaban J connectivity index is 2.61. The third kappa shape index (κ3) is 4.81. The van der Waals surface area contributed by atoms with Gasteiger partial charge in [-0.2, -0.15) is 0 Å². The summed E-state index contributed by atoms with van der Waals surface area (Å²) in [5.74, 6) is -0.366. The molecule has 0 saturated carbocycles. The minimum atomic E-state index is -0.366. The molecule has 0 fully saturated rings. The fourth-order valence-electron chi connectivity index (χ4n) is 1.98. The summed E-state index contributed by atoms with van der Waals surface area (Å²) in [6.45, 7) is 4.34. The highest BCUT2D eigenvalue weighted by Crippen LogP contribution is 2.22. The van der Waals surface area contributed by atoms with Crippen LogP contribution in [0.4, 0.5) is 11.4 Å². The van der Waals surface area contributed by atoms with Crippen molar-refractivity contribution >= 4 is 17.3 Å². The molecule has 19 heavy (non-hydrogen) atoms. The molecule has 1 unspecified atom stereocenters. The van der Waals surface area contributed by atoms with Crippen LogP contribution in [0.5, 0.6) is 0 Å². The molecule has 106 valence electrons. The van der Waals surface area contributed by atoms with E-state index in [-0.39, 0.29) is 5.97 Å². The molecule has 0 aromatic heterocycles. The van der Waals surface area contributed by atoms with Crippen molar-refractivity contribution in [3.63, 3.8) is 0 Å². The Morgan fingerprint density at radius 3 is 2.74 bits per heavy atom. The molecule has 1 aromatic rings. The number of carbonyl (C=O) groups excluding carboxylic acids is 1. The van der Waals surface area contributed by atoms with E-state index in [2.05, 4.69) is 23.9 Å². The molecule has 1 rings (SSSR count). The van der Waals surface area contributed by atoms with Crippen LogP contribution in [-0.2, 0) is 4.74 Å². The van der Waals surface area contributed by atoms with E-state index < -0.39 is 0 Å². The van der Waals surface area contributed by atoms with Gasteiger partial charge >= 0.3 is 5.97 Å². The molecule has 1 atom stereocenters. The van der Waals surface area contributed by atoms with Crippen LogP contribution in [0, 0.1) is 0 Å². The number of unbranched alkanes of at least 4 members (excludes halogenated alkanes) is 2. The predicted molar refractivity (Wildman–Crippen MR) is 79.4 cm³/mol. The van der Waals surface area contributed by atoms with E-state index in [1.807, 2.05) is 6.07 Å². The average molecular weight is 264 g/mol. The van der Waals surface area contributed by atoms with Gasteiger partial charge in [-0.1, -0.05) is 26.2 Å². The number of nitrogens with one attached hydrogen (secondary N) is 1. The zero-order chi connectivity index (χ0) is 14.3. The van der Waals surface area contributed by atoms with Crippen LogP contribution in [0.25, 0.3) is 0 Å². The number of ether oxygens (including phenoxy) is 1. The Morgan fingerprint density at radius 1 is 1.42 bits per heavy atom. The SMILES string of the molecule is CCCCCC(C)Nc1ccc(C(=O)OC)cc1N. The number of rotatable bonds is 7. The standard InChI is InChI=1S/C15H24N2O2/c1-4-5-6-7-11(2)17-14-9-8-12(10-13(14)16)15(18)19-3/h8-11,17H,4-7,16H2,1-3H3. The molecule has 0 amide bonds. The topological polar surface area (TPSA) is 64.3 Å². The zero-order valence-electron chi connectivity index (χ0n) is 12.0. The van der Waals surface area contributed by atoms with Gasteiger partial charge in [0.1, 0.15) is 0 Å². The van der Waals surface area contributed by atoms with Crippen molar-refractivity contribution in [1.29, 1.82) is 0 Å². The molecule has 0 heterocycles. The molecule has 0 aliphatic heterocycles. The lowest BCUT2D eigenvalue weighted by atomic mass is 10.1. The Morgan fingerprint density at radius 2 is 2.16 bits per heavy atom. The van der Waals surface area contributed by atoms with Crippen molar-refractivity contribution in [2.24, 2.45) is 0 Å². The van der Waals surface area contributed by atoms with Crippen LogP contribution < -0.4 is 11.1 Å². The molecule has 0 spiro atoms. The van der Waals surface area contributed by atoms with Crippen LogP contribution >= 0.6 is 0 Å². The number of anilines is 2. The van der Waals surface area contributed by atoms with Gasteiger partial charge in [0.15, 0.2) is 0 Å². The maximum atomic E-state index is 11.4. The van der Waals surface area contributed by atoms with E-state index in [0.717, 1.165) is 12.1 Å². The third-order valence-corrected chi connectivity index (χ3v) is 3.12. The number of benzene rings is 1. The van der Waals surface area contributed by atoms with Gasteiger partial charge in [-0.05, 0) is 31.5 Å². The lowest BCUT2D eigenvalue weighted by molar-refractivity contribution is 0.0601. The Bertz CT molecular complexity index is 419. The average Bonchev–Trinajstić information content (AvgIpc) is 2.40. The Hall–Kier alpha value is -1.71. The molecule has 3 N–H and O–H groups in total. The van der Waals surface area contributed by atoms with Crippen molar-refractivity contribution in [3.05, 3.63) is 23.8 Å². The Labute approximate surface area is 115 Å². The first kappa shape index (κ1) is 15.3. The number of hydrogen-bond donors (Lipinski definition) is 2. The van der Waals surface area contributed by atoms with Gasteiger partial charge < -0.3 is 15.8 Å². The van der Waals surface area contributed by atoms with Gasteiger partial charge in [0.25, 0.3) is 0 Å². The first-order chi connectivity index (χ1) is 9.08. The monoisotopic (exact) mass is 264 g/mol. The van der Waals surface area contributed by atoms with Crippen LogP contribution in [0.1, 0.15) is 49.9 Å². The number of esters is 1. The van der Waals surface area contributed by atoms with Crippen molar-refractivity contribution in [1.82, 2.24) is 0 Å². The molecule has 1 aromatic carbocycles. The third-order valence-electron chi connectivity index (χ3n) is 3.12. The van der Waals surface area contributed by atoms with Gasteiger partial charge in [-0.25, -0.2) is 4.79 Å². The highest BCUT2D eigenvalue weighted by Gasteiger charge is 2.09. The zero-order valence-corrected chi connectivity index (χ0v) is 12.0. The summed E-state index contributed by atoms with van der Waals surface area (Å²) < 4.78 is 4.66. The molecule has 0 bridgehead atoms. The van der Waals surface area contributed by atoms with Crippen molar-refractivity contribution in [3.8, 4) is 0 Å². The Kier molecular flexibility index (Phi) is 6.19. The summed E-state index contributed by atoms with van der Waals surface area (Å²) in [4.78, 5) is 11.4. The first-order valence-corrected chi connectivity index (χ1v) is 6.82. The molecule has 0 saturated heterocycles. The van der Waals surface area contributed by atoms with Crippen LogP contribution in [0.15, 0.2) is 18.2 Å². The van der Waals surface area contributed by atoms with Gasteiger partial charge in [0, 0.05) is 6.04 Å². The number of methoxy groups -OCH3 is 1. The molecule has 0 radical (unpaired) electrons. The second-order valence-corrected chi connectivity index (χ2v) is 4.83. The summed E-state index contributed by atoms with van der Waals surface area (Å²) in [6.07, 6.45) is 4.81. The highest BCUT2D eigenvalue weighted by atomic mass is 16.5. The highest BCUT2D eigenvalue weighted by molar-refractivity contribution is 5.91. The number of nitrogen functional groups attached to an aromatic ring is 1. The van der Waals surface area contributed by atoms with E-state index in [1.54, 1.807) is 12.1 Å². The van der Waals surface area contributed by atoms with Gasteiger partial charge in [0.05, 0.1) is 24.0 Å². The molecule has 0 aliphatic rings. The van der Waals surface area contributed by atoms with E-state index in [0.29, 0.717) is 17.3 Å². The number of carbonyl (C=O) groups is 1. The predicted octanol–water partition coefficient (Wildman–Crippen LogP) is 3.44. The second kappa shape index (κ2) is 7.67. The molecular formula is C15H24N2O2. The van der Waals surface area contributed by atoms with Crippen LogP contribution in [0.3, 0.4) is 0 Å². The van der Waals surface area contributed by atoms with Crippen molar-refractivity contribution in [2.45, 2.75) is 45.6 Å². The minimum Gasteiger partial charge on any atom is -0.465 e. The summed E-state index contributed by atoms with van der Waals surface area (Å²) in [6, 6.07) is 5.58. The minimum absolute atomic E-state index is 0.366. The second-order valence-electron chi connectivity index (χ2n) is 4.83. The largest absolute Gasteiger partial charge is 0.465 e. The van der Waals surface area contributed by atoms with Crippen LogP contribution in [0.2, 0.25) is 0 Å². The summed E-state index contributed by atoms with van der Waals surface area (Å²) in [5.41, 5.74) is 7.87. The quantitative estimate of drug-likeness (QED) is 0.450. The van der Waals surface area contributed by atoms with Gasteiger partial charge in [-0.15, -0.1) is 0 Å². The van der Waals surface area contributed by atoms with E-state index >= 15 is 0 Å². The first-order valence-electron chi connectivity index (χ1n) is 6.82. The summed E-state index contributed by atoms with van der Waals surface area (Å²) >= 11 is 0. The van der Waals surface area contributed by atoms with Gasteiger partial charge in [0.2, 0.25) is 0 Å². The summed E-state index contributed by atoms with van der Waals surface area (Å²) in [7, 11) is 1.36. The molecular weight excluding hydrogens is 240 g/mol. The van der Waals surface area contributed by atoms with E-state index in [1.165, 1.54) is 26.4 Å². The van der Waals surface area contributed by atoms with E-state index in [9.17, 15) is 4.79 Å². The maximum Gasteiger partial charge on any atom is 0.337 e. The fourth-order valence-corrected chi connectivity index (χ4v) is 1.98. The lowest BCUT2D eigenvalue weighted by Crippen LogP contribution is -2.16. The molecule has 0 aliphatic carbocycles. The number of hydrogen-bond acceptors (Lipinski definition) is 4. The smallest absolute Gasteiger partial charge is 0.337 e. The van der Waals surface area contributed by atoms with Crippen LogP contribution in [-0.4, -0.2) is 19.1 Å². The van der Waals surface area contributed by atoms with Gasteiger partial charge in [-0.3, -0.25) is 0 Å². The lowest BCUT2D eigenvalue weighted by Gasteiger charge is -2.17. The molecule has 4 heteroatoms.